The van der Waals surface area contributed by atoms with Gasteiger partial charge in [-0.25, -0.2) is 14.9 Å². The quantitative estimate of drug-likeness (QED) is 0.650. The highest BCUT2D eigenvalue weighted by Gasteiger charge is 2.10. The number of aryl methyl sites for hydroxylation is 1. The van der Waals surface area contributed by atoms with E-state index >= 15 is 0 Å². The van der Waals surface area contributed by atoms with Crippen molar-refractivity contribution in [3.05, 3.63) is 51.9 Å². The molecule has 0 saturated heterocycles. The first kappa shape index (κ1) is 13.6. The topological polar surface area (TPSA) is 88.5 Å². The predicted molar refractivity (Wildman–Crippen MR) is 74.3 cm³/mol. The number of nitrogens with one attached hydrogen (secondary N) is 2. The Morgan fingerprint density at radius 1 is 1.40 bits per heavy atom. The maximum Gasteiger partial charge on any atom is 0.427 e. The smallest absolute Gasteiger partial charge is 0.427 e. The number of carbonyl (C=O) groups excluding carboxylic acids is 1. The first-order valence-corrected chi connectivity index (χ1v) is 5.87. The third-order valence-electron chi connectivity index (χ3n) is 2.67. The van der Waals surface area contributed by atoms with Crippen molar-refractivity contribution in [1.29, 1.82) is 0 Å². The summed E-state index contributed by atoms with van der Waals surface area (Å²) in [6.07, 6.45) is 0.586. The average Bonchev–Trinajstić information content (AvgIpc) is 2.75. The van der Waals surface area contributed by atoms with Crippen LogP contribution in [-0.2, 0) is 4.74 Å². The number of benzene rings is 1. The zero-order valence-corrected chi connectivity index (χ0v) is 11.1. The summed E-state index contributed by atoms with van der Waals surface area (Å²) >= 11 is 0. The Kier molecular flexibility index (Phi) is 3.99. The molecule has 0 fully saturated rings. The van der Waals surface area contributed by atoms with Gasteiger partial charge < -0.3 is 4.74 Å². The lowest BCUT2D eigenvalue weighted by Gasteiger charge is -1.99. The molecule has 0 spiro atoms. The molecule has 0 aliphatic rings. The summed E-state index contributed by atoms with van der Waals surface area (Å²) in [6.45, 7) is 1.75. The molecule has 2 rings (SSSR count). The molecule has 0 saturated carbocycles. The maximum absolute atomic E-state index is 12.2. The fourth-order valence-corrected chi connectivity index (χ4v) is 1.67. The summed E-state index contributed by atoms with van der Waals surface area (Å²) in [7, 11) is 1.23. The Bertz CT molecular complexity index is 685. The van der Waals surface area contributed by atoms with Crippen LogP contribution in [0.1, 0.15) is 11.3 Å². The van der Waals surface area contributed by atoms with Gasteiger partial charge >= 0.3 is 6.09 Å². The summed E-state index contributed by atoms with van der Waals surface area (Å²) in [4.78, 5) is 23.1. The molecule has 1 heterocycles. The molecule has 0 radical (unpaired) electrons. The molecule has 104 valence electrons. The minimum Gasteiger partial charge on any atom is -0.452 e. The molecule has 1 aromatic heterocycles. The monoisotopic (exact) mass is 274 g/mol. The van der Waals surface area contributed by atoms with Crippen molar-refractivity contribution >= 4 is 12.3 Å². The SMILES string of the molecule is COC(=O)N/N=C/c1c(C)[nH]n(-c2ccccc2)c1=O. The van der Waals surface area contributed by atoms with Crippen LogP contribution in [0.25, 0.3) is 5.69 Å². The van der Waals surface area contributed by atoms with Crippen molar-refractivity contribution in [2.24, 2.45) is 5.10 Å². The Balaban J connectivity index is 2.31. The number of aromatic nitrogens is 2. The molecule has 2 aromatic rings. The highest BCUT2D eigenvalue weighted by Crippen LogP contribution is 2.05. The van der Waals surface area contributed by atoms with Crippen LogP contribution in [-0.4, -0.2) is 29.2 Å². The van der Waals surface area contributed by atoms with Crippen LogP contribution < -0.4 is 11.0 Å². The highest BCUT2D eigenvalue weighted by atomic mass is 16.5. The molecule has 7 nitrogen and oxygen atoms in total. The second kappa shape index (κ2) is 5.87. The van der Waals surface area contributed by atoms with E-state index in [0.29, 0.717) is 11.3 Å². The van der Waals surface area contributed by atoms with Crippen LogP contribution in [0.2, 0.25) is 0 Å². The number of amides is 1. The number of para-hydroxylation sites is 1. The molecule has 1 amide bonds. The summed E-state index contributed by atoms with van der Waals surface area (Å²) in [6, 6.07) is 9.16. The van der Waals surface area contributed by atoms with Gasteiger partial charge in [0.2, 0.25) is 0 Å². The summed E-state index contributed by atoms with van der Waals surface area (Å²) in [5, 5.41) is 6.61. The van der Waals surface area contributed by atoms with Crippen molar-refractivity contribution in [3.63, 3.8) is 0 Å². The van der Waals surface area contributed by atoms with E-state index in [9.17, 15) is 9.59 Å². The summed E-state index contributed by atoms with van der Waals surface area (Å²) in [5.41, 5.74) is 3.62. The molecule has 0 aliphatic carbocycles. The highest BCUT2D eigenvalue weighted by molar-refractivity contribution is 5.81. The van der Waals surface area contributed by atoms with E-state index in [1.54, 1.807) is 6.92 Å². The molecule has 7 heteroatoms. The van der Waals surface area contributed by atoms with E-state index in [2.05, 4.69) is 20.4 Å². The lowest BCUT2D eigenvalue weighted by Crippen LogP contribution is -2.19. The summed E-state index contributed by atoms with van der Waals surface area (Å²) < 4.78 is 5.78. The second-order valence-corrected chi connectivity index (χ2v) is 3.99. The molecular formula is C13H14N4O3. The zero-order chi connectivity index (χ0) is 14.5. The Morgan fingerprint density at radius 3 is 2.75 bits per heavy atom. The maximum atomic E-state index is 12.2. The third kappa shape index (κ3) is 2.77. The molecule has 2 N–H and O–H groups in total. The van der Waals surface area contributed by atoms with Gasteiger partial charge in [0.15, 0.2) is 0 Å². The number of hydrogen-bond acceptors (Lipinski definition) is 4. The van der Waals surface area contributed by atoms with Crippen LogP contribution in [0.3, 0.4) is 0 Å². The number of aromatic amines is 1. The fourth-order valence-electron chi connectivity index (χ4n) is 1.67. The minimum absolute atomic E-state index is 0.246. The standard InChI is InChI=1S/C13H14N4O3/c1-9-11(8-14-15-13(19)20-2)12(18)17(16-9)10-6-4-3-5-7-10/h3-8,16H,1-2H3,(H,15,19)/b14-8+. The van der Waals surface area contributed by atoms with E-state index in [4.69, 9.17) is 0 Å². The Labute approximate surface area is 114 Å². The van der Waals surface area contributed by atoms with Gasteiger partial charge in [-0.15, -0.1) is 0 Å². The van der Waals surface area contributed by atoms with Crippen molar-refractivity contribution in [1.82, 2.24) is 15.2 Å². The van der Waals surface area contributed by atoms with Gasteiger partial charge in [0, 0.05) is 5.69 Å². The molecule has 0 unspecified atom stereocenters. The van der Waals surface area contributed by atoms with E-state index in [0.717, 1.165) is 5.69 Å². The van der Waals surface area contributed by atoms with Crippen LogP contribution in [0.15, 0.2) is 40.2 Å². The Morgan fingerprint density at radius 2 is 2.10 bits per heavy atom. The number of H-pyrrole nitrogens is 1. The summed E-state index contributed by atoms with van der Waals surface area (Å²) in [5.74, 6) is 0. The van der Waals surface area contributed by atoms with Gasteiger partial charge in [-0.3, -0.25) is 9.89 Å². The molecule has 0 atom stereocenters. The minimum atomic E-state index is -0.696. The first-order chi connectivity index (χ1) is 9.63. The molecule has 1 aromatic carbocycles. The van der Waals surface area contributed by atoms with Crippen molar-refractivity contribution in [2.45, 2.75) is 6.92 Å². The number of hydrogen-bond donors (Lipinski definition) is 2. The fraction of sp³-hybridized carbons (Fsp3) is 0.154. The second-order valence-electron chi connectivity index (χ2n) is 3.99. The van der Waals surface area contributed by atoms with E-state index < -0.39 is 6.09 Å². The molecular weight excluding hydrogens is 260 g/mol. The lowest BCUT2D eigenvalue weighted by atomic mass is 10.3. The Hall–Kier alpha value is -2.83. The molecule has 0 bridgehead atoms. The van der Waals surface area contributed by atoms with Crippen LogP contribution in [0.4, 0.5) is 4.79 Å². The van der Waals surface area contributed by atoms with Crippen LogP contribution in [0, 0.1) is 6.92 Å². The molecule has 20 heavy (non-hydrogen) atoms. The lowest BCUT2D eigenvalue weighted by molar-refractivity contribution is 0.171. The van der Waals surface area contributed by atoms with E-state index in [1.165, 1.54) is 18.0 Å². The molecule has 0 aliphatic heterocycles. The van der Waals surface area contributed by atoms with Gasteiger partial charge in [0.05, 0.1) is 24.6 Å². The third-order valence-corrected chi connectivity index (χ3v) is 2.67. The zero-order valence-electron chi connectivity index (χ0n) is 11.1. The van der Waals surface area contributed by atoms with Crippen molar-refractivity contribution < 1.29 is 9.53 Å². The van der Waals surface area contributed by atoms with Crippen LogP contribution >= 0.6 is 0 Å². The number of nitrogens with zero attached hydrogens (tertiary/aromatic N) is 2. The first-order valence-electron chi connectivity index (χ1n) is 5.87. The number of rotatable bonds is 3. The van der Waals surface area contributed by atoms with Crippen LogP contribution in [0.5, 0.6) is 0 Å². The van der Waals surface area contributed by atoms with Gasteiger partial charge in [-0.2, -0.15) is 5.10 Å². The van der Waals surface area contributed by atoms with Crippen molar-refractivity contribution in [3.8, 4) is 5.69 Å². The number of methoxy groups -OCH3 is 1. The number of carbonyl (C=O) groups is 1. The van der Waals surface area contributed by atoms with Gasteiger partial charge in [0.25, 0.3) is 5.56 Å². The van der Waals surface area contributed by atoms with Gasteiger partial charge in [-0.05, 0) is 19.1 Å². The normalized spacial score (nSPS) is 10.7. The van der Waals surface area contributed by atoms with Gasteiger partial charge in [-0.1, -0.05) is 18.2 Å². The average molecular weight is 274 g/mol. The number of ether oxygens (including phenoxy) is 1. The van der Waals surface area contributed by atoms with E-state index in [1.807, 2.05) is 30.3 Å². The number of hydrazone groups is 1. The largest absolute Gasteiger partial charge is 0.452 e. The van der Waals surface area contributed by atoms with Crippen molar-refractivity contribution in [2.75, 3.05) is 7.11 Å². The predicted octanol–water partition coefficient (Wildman–Crippen LogP) is 1.16. The van der Waals surface area contributed by atoms with Gasteiger partial charge in [0.1, 0.15) is 0 Å². The van der Waals surface area contributed by atoms with E-state index in [-0.39, 0.29) is 5.56 Å².